The summed E-state index contributed by atoms with van der Waals surface area (Å²) in [5, 5.41) is 11.3. The third-order valence-corrected chi connectivity index (χ3v) is 3.28. The highest BCUT2D eigenvalue weighted by atomic mass is 16.2. The first kappa shape index (κ1) is 14.2. The zero-order valence-electron chi connectivity index (χ0n) is 12.5. The first-order valence-electron chi connectivity index (χ1n) is 7.18. The van der Waals surface area contributed by atoms with Crippen LogP contribution in [0, 0.1) is 0 Å². The van der Waals surface area contributed by atoms with E-state index < -0.39 is 0 Å². The van der Waals surface area contributed by atoms with Crippen molar-refractivity contribution in [3.8, 4) is 0 Å². The molecule has 0 aliphatic heterocycles. The van der Waals surface area contributed by atoms with Gasteiger partial charge in [-0.05, 0) is 19.4 Å². The fourth-order valence-corrected chi connectivity index (χ4v) is 2.27. The molecule has 1 atom stereocenters. The van der Waals surface area contributed by atoms with Gasteiger partial charge in [0, 0.05) is 25.0 Å². The molecule has 114 valence electrons. The largest absolute Gasteiger partial charge is 0.341 e. The number of hydrogen-bond acceptors (Lipinski definition) is 5. The molecule has 1 amide bonds. The lowest BCUT2D eigenvalue weighted by Crippen LogP contribution is -2.29. The van der Waals surface area contributed by atoms with E-state index in [4.69, 9.17) is 0 Å². The van der Waals surface area contributed by atoms with E-state index in [2.05, 4.69) is 32.4 Å². The Bertz CT molecular complexity index is 758. The number of hydrogen-bond donors (Lipinski definition) is 1. The van der Waals surface area contributed by atoms with Gasteiger partial charge in [-0.2, -0.15) is 10.2 Å². The smallest absolute Gasteiger partial charge is 0.272 e. The Labute approximate surface area is 127 Å². The lowest BCUT2D eigenvalue weighted by Gasteiger charge is -2.13. The van der Waals surface area contributed by atoms with Crippen molar-refractivity contribution in [3.63, 3.8) is 0 Å². The van der Waals surface area contributed by atoms with E-state index in [0.717, 1.165) is 18.8 Å². The zero-order valence-corrected chi connectivity index (χ0v) is 12.5. The van der Waals surface area contributed by atoms with Crippen LogP contribution in [-0.2, 0) is 6.54 Å². The van der Waals surface area contributed by atoms with Gasteiger partial charge in [0.05, 0.1) is 6.04 Å². The van der Waals surface area contributed by atoms with Crippen molar-refractivity contribution in [2.45, 2.75) is 32.9 Å². The highest BCUT2D eigenvalue weighted by Gasteiger charge is 2.18. The number of aryl methyl sites for hydroxylation is 1. The van der Waals surface area contributed by atoms with E-state index in [0.29, 0.717) is 11.3 Å². The molecule has 1 unspecified atom stereocenters. The summed E-state index contributed by atoms with van der Waals surface area (Å²) in [5.41, 5.74) is 0.960. The predicted molar refractivity (Wildman–Crippen MR) is 79.2 cm³/mol. The van der Waals surface area contributed by atoms with Gasteiger partial charge in [-0.1, -0.05) is 6.92 Å². The summed E-state index contributed by atoms with van der Waals surface area (Å²) in [6.07, 6.45) is 5.87. The van der Waals surface area contributed by atoms with Crippen LogP contribution in [-0.4, -0.2) is 35.3 Å². The molecule has 0 aliphatic rings. The van der Waals surface area contributed by atoms with Gasteiger partial charge in [0.1, 0.15) is 12.2 Å². The molecular weight excluding hydrogens is 282 g/mol. The quantitative estimate of drug-likeness (QED) is 0.765. The van der Waals surface area contributed by atoms with Gasteiger partial charge in [-0.3, -0.25) is 4.79 Å². The normalized spacial score (nSPS) is 12.5. The predicted octanol–water partition coefficient (Wildman–Crippen LogP) is 1.22. The minimum Gasteiger partial charge on any atom is -0.341 e. The van der Waals surface area contributed by atoms with E-state index >= 15 is 0 Å². The molecule has 0 fully saturated rings. The van der Waals surface area contributed by atoms with Crippen LogP contribution in [0.3, 0.4) is 0 Å². The molecule has 8 heteroatoms. The Balaban J connectivity index is 1.76. The van der Waals surface area contributed by atoms with Crippen LogP contribution >= 0.6 is 0 Å². The monoisotopic (exact) mass is 299 g/mol. The zero-order chi connectivity index (χ0) is 15.5. The molecule has 0 saturated carbocycles. The van der Waals surface area contributed by atoms with E-state index in [1.165, 1.54) is 6.33 Å². The van der Waals surface area contributed by atoms with Crippen molar-refractivity contribution in [2.75, 3.05) is 0 Å². The third-order valence-electron chi connectivity index (χ3n) is 3.28. The Morgan fingerprint density at radius 3 is 3.05 bits per heavy atom. The number of nitrogens with one attached hydrogen (secondary N) is 1. The summed E-state index contributed by atoms with van der Waals surface area (Å²) in [4.78, 5) is 20.7. The van der Waals surface area contributed by atoms with Crippen LogP contribution in [0.4, 0.5) is 0 Å². The molecule has 3 heterocycles. The number of aromatic nitrogens is 6. The molecule has 0 saturated heterocycles. The van der Waals surface area contributed by atoms with Crippen molar-refractivity contribution >= 4 is 11.6 Å². The summed E-state index contributed by atoms with van der Waals surface area (Å²) in [7, 11) is 0. The van der Waals surface area contributed by atoms with E-state index in [-0.39, 0.29) is 11.9 Å². The minimum absolute atomic E-state index is 0.251. The van der Waals surface area contributed by atoms with Gasteiger partial charge in [0.25, 0.3) is 5.91 Å². The second-order valence-corrected chi connectivity index (χ2v) is 4.99. The average molecular weight is 299 g/mol. The first-order chi connectivity index (χ1) is 10.7. The number of carbonyl (C=O) groups is 1. The molecule has 22 heavy (non-hydrogen) atoms. The summed E-state index contributed by atoms with van der Waals surface area (Å²) in [6, 6.07) is 3.16. The van der Waals surface area contributed by atoms with Crippen molar-refractivity contribution in [3.05, 3.63) is 42.4 Å². The lowest BCUT2D eigenvalue weighted by molar-refractivity contribution is 0.0932. The average Bonchev–Trinajstić information content (AvgIpc) is 3.13. The molecule has 0 radical (unpaired) electrons. The number of rotatable bonds is 5. The van der Waals surface area contributed by atoms with E-state index in [1.54, 1.807) is 33.7 Å². The summed E-state index contributed by atoms with van der Waals surface area (Å²) >= 11 is 0. The highest BCUT2D eigenvalue weighted by molar-refractivity contribution is 5.93. The summed E-state index contributed by atoms with van der Waals surface area (Å²) in [6.45, 7) is 4.72. The van der Waals surface area contributed by atoms with Gasteiger partial charge in [0.2, 0.25) is 0 Å². The molecule has 3 aromatic rings. The second-order valence-electron chi connectivity index (χ2n) is 4.99. The molecule has 3 rings (SSSR count). The number of nitrogens with zero attached hydrogens (tertiary/aromatic N) is 6. The first-order valence-corrected chi connectivity index (χ1v) is 7.18. The molecule has 3 aromatic heterocycles. The third kappa shape index (κ3) is 2.67. The second kappa shape index (κ2) is 5.92. The van der Waals surface area contributed by atoms with Gasteiger partial charge in [-0.25, -0.2) is 19.2 Å². The van der Waals surface area contributed by atoms with Crippen molar-refractivity contribution < 1.29 is 4.79 Å². The summed E-state index contributed by atoms with van der Waals surface area (Å²) < 4.78 is 3.37. The van der Waals surface area contributed by atoms with Crippen molar-refractivity contribution in [2.24, 2.45) is 0 Å². The van der Waals surface area contributed by atoms with Crippen molar-refractivity contribution in [1.82, 2.24) is 34.7 Å². The molecule has 8 nitrogen and oxygen atoms in total. The van der Waals surface area contributed by atoms with Crippen LogP contribution in [0.25, 0.3) is 5.65 Å². The minimum atomic E-state index is -0.260. The Hall–Kier alpha value is -2.77. The molecular formula is C14H17N7O. The molecule has 1 N–H and O–H groups in total. The van der Waals surface area contributed by atoms with E-state index in [1.807, 2.05) is 6.92 Å². The van der Waals surface area contributed by atoms with Crippen molar-refractivity contribution in [1.29, 1.82) is 0 Å². The fourth-order valence-electron chi connectivity index (χ4n) is 2.27. The molecule has 0 spiro atoms. The Morgan fingerprint density at radius 2 is 2.27 bits per heavy atom. The molecule has 0 aliphatic carbocycles. The highest BCUT2D eigenvalue weighted by Crippen LogP contribution is 2.11. The number of fused-ring (bicyclic) bond motifs is 1. The molecule has 0 aromatic carbocycles. The van der Waals surface area contributed by atoms with Gasteiger partial charge >= 0.3 is 0 Å². The van der Waals surface area contributed by atoms with Crippen LogP contribution in [0.1, 0.15) is 42.6 Å². The topological polar surface area (TPSA) is 90.0 Å². The van der Waals surface area contributed by atoms with Gasteiger partial charge in [0.15, 0.2) is 11.3 Å². The summed E-state index contributed by atoms with van der Waals surface area (Å²) in [5.74, 6) is 0.473. The lowest BCUT2D eigenvalue weighted by atomic mass is 10.3. The SMILES string of the molecule is CCCn1ncnc1C(C)NC(=O)c1cc2ncccn2n1. The molecule has 0 bridgehead atoms. The van der Waals surface area contributed by atoms with Crippen LogP contribution in [0.5, 0.6) is 0 Å². The fraction of sp³-hybridized carbons (Fsp3) is 0.357. The van der Waals surface area contributed by atoms with Gasteiger partial charge < -0.3 is 5.32 Å². The number of carbonyl (C=O) groups excluding carboxylic acids is 1. The van der Waals surface area contributed by atoms with Gasteiger partial charge in [-0.15, -0.1) is 0 Å². The van der Waals surface area contributed by atoms with Crippen LogP contribution in [0.15, 0.2) is 30.9 Å². The maximum Gasteiger partial charge on any atom is 0.272 e. The Kier molecular flexibility index (Phi) is 3.82. The van der Waals surface area contributed by atoms with Crippen LogP contribution in [0.2, 0.25) is 0 Å². The Morgan fingerprint density at radius 1 is 1.41 bits per heavy atom. The standard InChI is InChI=1S/C14H17N7O/c1-3-6-21-13(16-9-17-21)10(2)18-14(22)11-8-12-15-5-4-7-20(12)19-11/h4-5,7-10H,3,6H2,1-2H3,(H,18,22). The van der Waals surface area contributed by atoms with E-state index in [9.17, 15) is 4.79 Å². The maximum absolute atomic E-state index is 12.3. The van der Waals surface area contributed by atoms with Crippen LogP contribution < -0.4 is 5.32 Å². The maximum atomic E-state index is 12.3. The number of amides is 1.